The Morgan fingerprint density at radius 3 is 2.83 bits per heavy atom. The summed E-state index contributed by atoms with van der Waals surface area (Å²) in [6.45, 7) is 5.09. The fourth-order valence-corrected chi connectivity index (χ4v) is 1.64. The molecule has 1 rings (SSSR count). The molecule has 4 nitrogen and oxygen atoms in total. The summed E-state index contributed by atoms with van der Waals surface area (Å²) in [5.74, 6) is 0.597. The number of aromatic nitrogens is 1. The summed E-state index contributed by atoms with van der Waals surface area (Å²) in [5.41, 5.74) is 1.39. The highest BCUT2D eigenvalue weighted by atomic mass is 16.3. The molecule has 0 fully saturated rings. The molecular formula is C14H22N2O2. The van der Waals surface area contributed by atoms with Crippen molar-refractivity contribution in [3.63, 3.8) is 0 Å². The molecule has 1 N–H and O–H groups in total. The molecule has 1 amide bonds. The first-order chi connectivity index (χ1) is 8.54. The second kappa shape index (κ2) is 7.11. The zero-order valence-electron chi connectivity index (χ0n) is 11.4. The van der Waals surface area contributed by atoms with Gasteiger partial charge in [-0.1, -0.05) is 13.8 Å². The number of hydrogen-bond donors (Lipinski definition) is 1. The van der Waals surface area contributed by atoms with E-state index < -0.39 is 0 Å². The van der Waals surface area contributed by atoms with E-state index >= 15 is 0 Å². The number of aliphatic hydroxyl groups excluding tert-OH is 1. The van der Waals surface area contributed by atoms with Crippen LogP contribution in [-0.2, 0) is 6.42 Å². The van der Waals surface area contributed by atoms with Crippen molar-refractivity contribution in [2.75, 3.05) is 20.2 Å². The zero-order valence-corrected chi connectivity index (χ0v) is 11.4. The van der Waals surface area contributed by atoms with Crippen molar-refractivity contribution in [2.24, 2.45) is 5.92 Å². The van der Waals surface area contributed by atoms with Crippen molar-refractivity contribution in [1.82, 2.24) is 9.88 Å². The summed E-state index contributed by atoms with van der Waals surface area (Å²) in [6, 6.07) is 3.47. The largest absolute Gasteiger partial charge is 0.396 e. The average molecular weight is 250 g/mol. The number of hydrogen-bond acceptors (Lipinski definition) is 3. The molecule has 0 aliphatic heterocycles. The molecule has 0 radical (unpaired) electrons. The first kappa shape index (κ1) is 14.6. The molecule has 1 heterocycles. The van der Waals surface area contributed by atoms with Crippen molar-refractivity contribution in [2.45, 2.75) is 26.7 Å². The molecule has 0 unspecified atom stereocenters. The Bertz CT molecular complexity index is 391. The Balaban J connectivity index is 2.67. The molecule has 4 heteroatoms. The molecule has 0 spiro atoms. The highest BCUT2D eigenvalue weighted by molar-refractivity contribution is 5.94. The van der Waals surface area contributed by atoms with Gasteiger partial charge in [0.2, 0.25) is 0 Å². The van der Waals surface area contributed by atoms with Crippen LogP contribution in [0, 0.1) is 5.92 Å². The fourth-order valence-electron chi connectivity index (χ4n) is 1.64. The average Bonchev–Trinajstić information content (AvgIpc) is 2.35. The van der Waals surface area contributed by atoms with Gasteiger partial charge in [-0.3, -0.25) is 9.78 Å². The standard InChI is InChI=1S/C14H22N2O2/c1-11(2)5-8-16(3)14(18)12-4-7-15-13(10-12)6-9-17/h4,7,10-11,17H,5-6,8-9H2,1-3H3. The molecule has 0 atom stereocenters. The van der Waals surface area contributed by atoms with Gasteiger partial charge in [0.05, 0.1) is 0 Å². The van der Waals surface area contributed by atoms with E-state index in [9.17, 15) is 4.79 Å². The van der Waals surface area contributed by atoms with Crippen LogP contribution in [-0.4, -0.2) is 41.1 Å². The summed E-state index contributed by atoms with van der Waals surface area (Å²) >= 11 is 0. The van der Waals surface area contributed by atoms with Gasteiger partial charge in [0.15, 0.2) is 0 Å². The van der Waals surface area contributed by atoms with Crippen LogP contribution in [0.15, 0.2) is 18.3 Å². The first-order valence-electron chi connectivity index (χ1n) is 6.36. The summed E-state index contributed by atoms with van der Waals surface area (Å²) in [4.78, 5) is 18.0. The third-order valence-corrected chi connectivity index (χ3v) is 2.82. The number of amides is 1. The van der Waals surface area contributed by atoms with Crippen LogP contribution < -0.4 is 0 Å². The van der Waals surface area contributed by atoms with E-state index in [1.807, 2.05) is 7.05 Å². The minimum atomic E-state index is 0.0113. The van der Waals surface area contributed by atoms with Gasteiger partial charge < -0.3 is 10.0 Å². The second-order valence-corrected chi connectivity index (χ2v) is 4.92. The third-order valence-electron chi connectivity index (χ3n) is 2.82. The molecule has 0 saturated heterocycles. The van der Waals surface area contributed by atoms with E-state index in [0.717, 1.165) is 18.7 Å². The highest BCUT2D eigenvalue weighted by Crippen LogP contribution is 2.08. The molecule has 1 aromatic heterocycles. The van der Waals surface area contributed by atoms with Crippen molar-refractivity contribution in [3.8, 4) is 0 Å². The lowest BCUT2D eigenvalue weighted by Gasteiger charge is -2.18. The van der Waals surface area contributed by atoms with E-state index in [4.69, 9.17) is 5.11 Å². The first-order valence-corrected chi connectivity index (χ1v) is 6.36. The number of nitrogens with zero attached hydrogens (tertiary/aromatic N) is 2. The lowest BCUT2D eigenvalue weighted by Crippen LogP contribution is -2.28. The maximum Gasteiger partial charge on any atom is 0.253 e. The molecule has 0 aliphatic carbocycles. The smallest absolute Gasteiger partial charge is 0.253 e. The Labute approximate surface area is 109 Å². The Morgan fingerprint density at radius 2 is 2.22 bits per heavy atom. The Hall–Kier alpha value is -1.42. The van der Waals surface area contributed by atoms with Gasteiger partial charge in [-0.05, 0) is 24.5 Å². The van der Waals surface area contributed by atoms with Crippen LogP contribution in [0.3, 0.4) is 0 Å². The highest BCUT2D eigenvalue weighted by Gasteiger charge is 2.12. The molecule has 0 aliphatic rings. The fraction of sp³-hybridized carbons (Fsp3) is 0.571. The molecule has 1 aromatic rings. The minimum absolute atomic E-state index is 0.0113. The summed E-state index contributed by atoms with van der Waals surface area (Å²) in [5, 5.41) is 8.87. The van der Waals surface area contributed by atoms with E-state index in [1.165, 1.54) is 0 Å². The van der Waals surface area contributed by atoms with Crippen LogP contribution >= 0.6 is 0 Å². The molecular weight excluding hydrogens is 228 g/mol. The number of pyridine rings is 1. The van der Waals surface area contributed by atoms with Crippen LogP contribution in [0.1, 0.15) is 36.3 Å². The molecule has 0 aromatic carbocycles. The normalized spacial score (nSPS) is 10.7. The van der Waals surface area contributed by atoms with Gasteiger partial charge in [0, 0.05) is 44.1 Å². The van der Waals surface area contributed by atoms with Crippen LogP contribution in [0.4, 0.5) is 0 Å². The third kappa shape index (κ3) is 4.45. The van der Waals surface area contributed by atoms with Crippen LogP contribution in [0.25, 0.3) is 0 Å². The maximum atomic E-state index is 12.1. The quantitative estimate of drug-likeness (QED) is 0.836. The predicted octanol–water partition coefficient (Wildman–Crippen LogP) is 1.73. The topological polar surface area (TPSA) is 53.4 Å². The Morgan fingerprint density at radius 1 is 1.50 bits per heavy atom. The number of rotatable bonds is 6. The zero-order chi connectivity index (χ0) is 13.5. The van der Waals surface area contributed by atoms with Gasteiger partial charge in [-0.25, -0.2) is 0 Å². The summed E-state index contributed by atoms with van der Waals surface area (Å²) in [7, 11) is 1.82. The van der Waals surface area contributed by atoms with E-state index in [1.54, 1.807) is 23.2 Å². The monoisotopic (exact) mass is 250 g/mol. The molecule has 18 heavy (non-hydrogen) atoms. The molecule has 100 valence electrons. The number of aliphatic hydroxyl groups is 1. The predicted molar refractivity (Wildman–Crippen MR) is 71.4 cm³/mol. The molecule has 0 saturated carbocycles. The van der Waals surface area contributed by atoms with Crippen molar-refractivity contribution >= 4 is 5.91 Å². The SMILES string of the molecule is CC(C)CCN(C)C(=O)c1ccnc(CCO)c1. The van der Waals surface area contributed by atoms with E-state index in [2.05, 4.69) is 18.8 Å². The van der Waals surface area contributed by atoms with Gasteiger partial charge in [0.25, 0.3) is 5.91 Å². The van der Waals surface area contributed by atoms with Gasteiger partial charge >= 0.3 is 0 Å². The number of carbonyl (C=O) groups is 1. The van der Waals surface area contributed by atoms with Gasteiger partial charge in [-0.15, -0.1) is 0 Å². The van der Waals surface area contributed by atoms with Gasteiger partial charge in [-0.2, -0.15) is 0 Å². The second-order valence-electron chi connectivity index (χ2n) is 4.92. The molecule has 0 bridgehead atoms. The minimum Gasteiger partial charge on any atom is -0.396 e. The van der Waals surface area contributed by atoms with Crippen molar-refractivity contribution in [1.29, 1.82) is 0 Å². The Kier molecular flexibility index (Phi) is 5.78. The van der Waals surface area contributed by atoms with Crippen molar-refractivity contribution < 1.29 is 9.90 Å². The maximum absolute atomic E-state index is 12.1. The van der Waals surface area contributed by atoms with Gasteiger partial charge in [0.1, 0.15) is 0 Å². The summed E-state index contributed by atoms with van der Waals surface area (Å²) in [6.07, 6.45) is 3.10. The van der Waals surface area contributed by atoms with E-state index in [-0.39, 0.29) is 12.5 Å². The van der Waals surface area contributed by atoms with Crippen LogP contribution in [0.2, 0.25) is 0 Å². The lowest BCUT2D eigenvalue weighted by atomic mass is 10.1. The lowest BCUT2D eigenvalue weighted by molar-refractivity contribution is 0.0789. The number of carbonyl (C=O) groups excluding carboxylic acids is 1. The van der Waals surface area contributed by atoms with E-state index in [0.29, 0.717) is 17.9 Å². The summed E-state index contributed by atoms with van der Waals surface area (Å²) < 4.78 is 0. The van der Waals surface area contributed by atoms with Crippen molar-refractivity contribution in [3.05, 3.63) is 29.6 Å². The van der Waals surface area contributed by atoms with Crippen LogP contribution in [0.5, 0.6) is 0 Å².